The van der Waals surface area contributed by atoms with Gasteiger partial charge in [-0.05, 0) is 25.8 Å². The summed E-state index contributed by atoms with van der Waals surface area (Å²) < 4.78 is 16.9. The zero-order valence-electron chi connectivity index (χ0n) is 13.2. The minimum absolute atomic E-state index is 0.155. The fourth-order valence-electron chi connectivity index (χ4n) is 3.00. The Kier molecular flexibility index (Phi) is 4.64. The monoisotopic (exact) mass is 294 g/mol. The molecule has 3 rings (SSSR count). The summed E-state index contributed by atoms with van der Waals surface area (Å²) >= 11 is 0. The molecule has 2 unspecified atom stereocenters. The third kappa shape index (κ3) is 3.66. The lowest BCUT2D eigenvalue weighted by Gasteiger charge is -2.13. The van der Waals surface area contributed by atoms with Crippen LogP contribution >= 0.6 is 0 Å². The molecule has 2 aliphatic rings. The van der Waals surface area contributed by atoms with Crippen molar-refractivity contribution in [1.29, 1.82) is 0 Å². The Labute approximate surface area is 126 Å². The first kappa shape index (κ1) is 15.0. The summed E-state index contributed by atoms with van der Waals surface area (Å²) in [5.74, 6) is 2.07. The number of hydrogen-bond donors (Lipinski definition) is 1. The molecule has 21 heavy (non-hydrogen) atoms. The zero-order valence-corrected chi connectivity index (χ0v) is 13.2. The van der Waals surface area contributed by atoms with Gasteiger partial charge in [-0.15, -0.1) is 0 Å². The number of rotatable bonds is 7. The van der Waals surface area contributed by atoms with E-state index in [1.165, 1.54) is 18.4 Å². The number of furan rings is 1. The molecule has 118 valence electrons. The molecule has 1 aromatic heterocycles. The second-order valence-electron chi connectivity index (χ2n) is 6.19. The number of ether oxygens (including phenoxy) is 2. The van der Waals surface area contributed by atoms with Crippen LogP contribution in [0.3, 0.4) is 0 Å². The summed E-state index contributed by atoms with van der Waals surface area (Å²) in [5, 5.41) is 3.54. The predicted molar refractivity (Wildman–Crippen MR) is 80.2 cm³/mol. The molecule has 1 aromatic rings. The molecule has 0 spiro atoms. The molecule has 5 heteroatoms. The van der Waals surface area contributed by atoms with Crippen molar-refractivity contribution in [3.8, 4) is 0 Å². The lowest BCUT2D eigenvalue weighted by molar-refractivity contribution is -0.00461. The van der Waals surface area contributed by atoms with Crippen molar-refractivity contribution in [2.75, 3.05) is 27.3 Å². The maximum Gasteiger partial charge on any atom is 0.118 e. The van der Waals surface area contributed by atoms with Gasteiger partial charge in [0.2, 0.25) is 0 Å². The van der Waals surface area contributed by atoms with Crippen LogP contribution in [0.5, 0.6) is 0 Å². The first-order valence-electron chi connectivity index (χ1n) is 7.79. The number of nitrogens with one attached hydrogen (secondary N) is 1. The van der Waals surface area contributed by atoms with E-state index in [4.69, 9.17) is 13.9 Å². The molecule has 0 radical (unpaired) electrons. The molecule has 1 saturated carbocycles. The van der Waals surface area contributed by atoms with Crippen molar-refractivity contribution in [2.24, 2.45) is 0 Å². The van der Waals surface area contributed by atoms with E-state index in [0.29, 0.717) is 0 Å². The summed E-state index contributed by atoms with van der Waals surface area (Å²) in [7, 11) is 3.50. The van der Waals surface area contributed by atoms with Crippen molar-refractivity contribution in [2.45, 2.75) is 51.1 Å². The van der Waals surface area contributed by atoms with Crippen LogP contribution in [-0.2, 0) is 22.6 Å². The molecule has 2 fully saturated rings. The van der Waals surface area contributed by atoms with E-state index in [9.17, 15) is 0 Å². The first-order valence-corrected chi connectivity index (χ1v) is 7.79. The molecular formula is C16H26N2O3. The Balaban J connectivity index is 1.56. The Morgan fingerprint density at radius 3 is 2.48 bits per heavy atom. The van der Waals surface area contributed by atoms with E-state index in [1.807, 2.05) is 6.92 Å². The van der Waals surface area contributed by atoms with Crippen LogP contribution < -0.4 is 5.32 Å². The molecule has 2 heterocycles. The molecule has 5 nitrogen and oxygen atoms in total. The van der Waals surface area contributed by atoms with E-state index >= 15 is 0 Å². The van der Waals surface area contributed by atoms with Gasteiger partial charge in [-0.1, -0.05) is 0 Å². The van der Waals surface area contributed by atoms with E-state index in [-0.39, 0.29) is 12.2 Å². The summed E-state index contributed by atoms with van der Waals surface area (Å²) in [6, 6.07) is 2.92. The van der Waals surface area contributed by atoms with Gasteiger partial charge in [0.15, 0.2) is 0 Å². The van der Waals surface area contributed by atoms with Crippen molar-refractivity contribution in [1.82, 2.24) is 10.2 Å². The standard InChI is InChI=1S/C16H26N2O3/c1-11-12(7-17-13-4-5-13)6-14(21-11)8-18-9-15(19-2)16(10-18)20-3/h6,13,15-17H,4-5,7-10H2,1-3H3. The van der Waals surface area contributed by atoms with Gasteiger partial charge in [0.1, 0.15) is 11.5 Å². The van der Waals surface area contributed by atoms with Crippen molar-refractivity contribution >= 4 is 0 Å². The highest BCUT2D eigenvalue weighted by atomic mass is 16.5. The normalized spacial score (nSPS) is 26.6. The van der Waals surface area contributed by atoms with Gasteiger partial charge in [-0.3, -0.25) is 4.90 Å². The molecule has 1 aliphatic carbocycles. The number of methoxy groups -OCH3 is 2. The Hall–Kier alpha value is -0.880. The lowest BCUT2D eigenvalue weighted by Crippen LogP contribution is -2.27. The average molecular weight is 294 g/mol. The maximum absolute atomic E-state index is 5.90. The van der Waals surface area contributed by atoms with Crippen LogP contribution in [0.1, 0.15) is 29.9 Å². The molecular weight excluding hydrogens is 268 g/mol. The van der Waals surface area contributed by atoms with E-state index in [2.05, 4.69) is 16.3 Å². The van der Waals surface area contributed by atoms with Crippen molar-refractivity contribution < 1.29 is 13.9 Å². The van der Waals surface area contributed by atoms with Crippen LogP contribution in [0, 0.1) is 6.92 Å². The van der Waals surface area contributed by atoms with Crippen LogP contribution in [0.2, 0.25) is 0 Å². The Morgan fingerprint density at radius 1 is 1.24 bits per heavy atom. The average Bonchev–Trinajstić information content (AvgIpc) is 3.12. The highest BCUT2D eigenvalue weighted by Gasteiger charge is 2.33. The minimum atomic E-state index is 0.155. The third-order valence-corrected chi connectivity index (χ3v) is 4.51. The fourth-order valence-corrected chi connectivity index (χ4v) is 3.00. The second kappa shape index (κ2) is 6.48. The molecule has 0 aromatic carbocycles. The summed E-state index contributed by atoms with van der Waals surface area (Å²) in [6.45, 7) is 5.58. The van der Waals surface area contributed by atoms with Gasteiger partial charge in [-0.25, -0.2) is 0 Å². The third-order valence-electron chi connectivity index (χ3n) is 4.51. The lowest BCUT2D eigenvalue weighted by atomic mass is 10.2. The molecule has 1 aliphatic heterocycles. The van der Waals surface area contributed by atoms with Crippen molar-refractivity contribution in [3.05, 3.63) is 23.2 Å². The van der Waals surface area contributed by atoms with Gasteiger partial charge in [0, 0.05) is 45.5 Å². The summed E-state index contributed by atoms with van der Waals surface area (Å²) in [5.41, 5.74) is 1.28. The van der Waals surface area contributed by atoms with E-state index in [0.717, 1.165) is 43.7 Å². The zero-order chi connectivity index (χ0) is 14.8. The van der Waals surface area contributed by atoms with Crippen LogP contribution in [0.15, 0.2) is 10.5 Å². The van der Waals surface area contributed by atoms with Gasteiger partial charge < -0.3 is 19.2 Å². The number of likely N-dealkylation sites (tertiary alicyclic amines) is 1. The van der Waals surface area contributed by atoms with Crippen LogP contribution in [0.4, 0.5) is 0 Å². The number of hydrogen-bond acceptors (Lipinski definition) is 5. The molecule has 2 atom stereocenters. The molecule has 0 bridgehead atoms. The summed E-state index contributed by atoms with van der Waals surface area (Å²) in [4.78, 5) is 2.33. The van der Waals surface area contributed by atoms with E-state index in [1.54, 1.807) is 14.2 Å². The predicted octanol–water partition coefficient (Wildman–Crippen LogP) is 1.69. The van der Waals surface area contributed by atoms with E-state index < -0.39 is 0 Å². The summed E-state index contributed by atoms with van der Waals surface area (Å²) in [6.07, 6.45) is 2.94. The molecule has 1 N–H and O–H groups in total. The molecule has 1 saturated heterocycles. The number of nitrogens with zero attached hydrogens (tertiary/aromatic N) is 1. The van der Waals surface area contributed by atoms with Gasteiger partial charge in [0.05, 0.1) is 18.8 Å². The minimum Gasteiger partial charge on any atom is -0.465 e. The van der Waals surface area contributed by atoms with Gasteiger partial charge >= 0.3 is 0 Å². The largest absolute Gasteiger partial charge is 0.465 e. The SMILES string of the molecule is COC1CN(Cc2cc(CNC3CC3)c(C)o2)CC1OC. The smallest absolute Gasteiger partial charge is 0.118 e. The second-order valence-corrected chi connectivity index (χ2v) is 6.19. The fraction of sp³-hybridized carbons (Fsp3) is 0.750. The van der Waals surface area contributed by atoms with Crippen LogP contribution in [0.25, 0.3) is 0 Å². The number of aryl methyl sites for hydroxylation is 1. The van der Waals surface area contributed by atoms with Gasteiger partial charge in [0.25, 0.3) is 0 Å². The Bertz CT molecular complexity index is 458. The van der Waals surface area contributed by atoms with Crippen LogP contribution in [-0.4, -0.2) is 50.5 Å². The highest BCUT2D eigenvalue weighted by molar-refractivity contribution is 5.21. The van der Waals surface area contributed by atoms with Crippen molar-refractivity contribution in [3.63, 3.8) is 0 Å². The maximum atomic E-state index is 5.90. The van der Waals surface area contributed by atoms with Gasteiger partial charge in [-0.2, -0.15) is 0 Å². The topological polar surface area (TPSA) is 46.9 Å². The Morgan fingerprint density at radius 2 is 1.90 bits per heavy atom. The molecule has 0 amide bonds. The first-order chi connectivity index (χ1) is 10.2. The highest BCUT2D eigenvalue weighted by Crippen LogP contribution is 2.23. The quantitative estimate of drug-likeness (QED) is 0.829.